The van der Waals surface area contributed by atoms with Gasteiger partial charge >= 0.3 is 0 Å². The number of hydrogen-bond acceptors (Lipinski definition) is 1. The Hall–Kier alpha value is -0.820. The minimum atomic E-state index is 0.743. The van der Waals surface area contributed by atoms with Crippen LogP contribution < -0.4 is 5.32 Å². The molecule has 78 valence electrons. The lowest BCUT2D eigenvalue weighted by Crippen LogP contribution is -2.22. The first-order chi connectivity index (χ1) is 6.68. The quantitative estimate of drug-likeness (QED) is 0.706. The van der Waals surface area contributed by atoms with Crippen LogP contribution in [0.15, 0.2) is 24.3 Å². The summed E-state index contributed by atoms with van der Waals surface area (Å²) in [5.74, 6) is 0.743. The van der Waals surface area contributed by atoms with E-state index in [1.165, 1.54) is 11.1 Å². The van der Waals surface area contributed by atoms with Gasteiger partial charge in [0.1, 0.15) is 0 Å². The number of aryl methyl sites for hydroxylation is 1. The Morgan fingerprint density at radius 1 is 1.29 bits per heavy atom. The Bertz CT molecular complexity index is 266. The number of hydrogen-bond donors (Lipinski definition) is 1. The molecule has 0 aliphatic rings. The van der Waals surface area contributed by atoms with Crippen molar-refractivity contribution in [3.8, 4) is 0 Å². The molecule has 0 saturated carbocycles. The molecule has 1 N–H and O–H groups in total. The number of benzene rings is 1. The predicted octanol–water partition coefficient (Wildman–Crippen LogP) is 2.78. The first-order valence-electron chi connectivity index (χ1n) is 5.44. The van der Waals surface area contributed by atoms with E-state index in [1.807, 2.05) is 0 Å². The molecule has 0 radical (unpaired) electrons. The molecule has 0 fully saturated rings. The minimum absolute atomic E-state index is 0.743. The van der Waals surface area contributed by atoms with E-state index in [1.54, 1.807) is 0 Å². The van der Waals surface area contributed by atoms with Crippen molar-refractivity contribution in [1.82, 2.24) is 5.32 Å². The molecule has 0 atom stereocenters. The van der Waals surface area contributed by atoms with Crippen molar-refractivity contribution in [2.24, 2.45) is 5.92 Å². The van der Waals surface area contributed by atoms with E-state index in [0.29, 0.717) is 0 Å². The zero-order valence-electron chi connectivity index (χ0n) is 9.51. The summed E-state index contributed by atoms with van der Waals surface area (Å²) in [5.41, 5.74) is 2.78. The van der Waals surface area contributed by atoms with Crippen molar-refractivity contribution in [2.75, 3.05) is 13.1 Å². The van der Waals surface area contributed by atoms with Crippen LogP contribution in [0.1, 0.15) is 25.0 Å². The molecule has 1 nitrogen and oxygen atoms in total. The van der Waals surface area contributed by atoms with Gasteiger partial charge in [-0.05, 0) is 37.9 Å². The van der Waals surface area contributed by atoms with Crippen LogP contribution in [0, 0.1) is 12.8 Å². The zero-order valence-corrected chi connectivity index (χ0v) is 9.51. The molecule has 0 aliphatic carbocycles. The third kappa shape index (κ3) is 4.43. The van der Waals surface area contributed by atoms with E-state index < -0.39 is 0 Å². The van der Waals surface area contributed by atoms with Crippen LogP contribution in [-0.2, 0) is 6.42 Å². The fourth-order valence-electron chi connectivity index (χ4n) is 1.49. The molecule has 0 amide bonds. The van der Waals surface area contributed by atoms with Gasteiger partial charge in [0.2, 0.25) is 0 Å². The molecule has 0 aliphatic heterocycles. The van der Waals surface area contributed by atoms with E-state index in [0.717, 1.165) is 25.4 Å². The molecule has 14 heavy (non-hydrogen) atoms. The standard InChI is InChI=1S/C13H21N/c1-11(2)10-14-8-7-13-6-4-5-12(3)9-13/h4-6,9,11,14H,7-8,10H2,1-3H3. The van der Waals surface area contributed by atoms with Crippen molar-refractivity contribution in [2.45, 2.75) is 27.2 Å². The van der Waals surface area contributed by atoms with E-state index in [4.69, 9.17) is 0 Å². The van der Waals surface area contributed by atoms with Crippen LogP contribution in [0.3, 0.4) is 0 Å². The second-order valence-electron chi connectivity index (χ2n) is 4.34. The minimum Gasteiger partial charge on any atom is -0.316 e. The summed E-state index contributed by atoms with van der Waals surface area (Å²) < 4.78 is 0. The molecular formula is C13H21N. The molecule has 0 saturated heterocycles. The highest BCUT2D eigenvalue weighted by molar-refractivity contribution is 5.22. The maximum Gasteiger partial charge on any atom is -0.000824 e. The fraction of sp³-hybridized carbons (Fsp3) is 0.538. The molecular weight excluding hydrogens is 170 g/mol. The SMILES string of the molecule is Cc1cccc(CCNCC(C)C)c1. The van der Waals surface area contributed by atoms with Gasteiger partial charge in [0.05, 0.1) is 0 Å². The normalized spacial score (nSPS) is 10.9. The Labute approximate surface area is 87.5 Å². The predicted molar refractivity (Wildman–Crippen MR) is 62.6 cm³/mol. The van der Waals surface area contributed by atoms with Crippen molar-refractivity contribution < 1.29 is 0 Å². The van der Waals surface area contributed by atoms with Gasteiger partial charge < -0.3 is 5.32 Å². The molecule has 1 heteroatoms. The van der Waals surface area contributed by atoms with E-state index in [9.17, 15) is 0 Å². The first-order valence-corrected chi connectivity index (χ1v) is 5.44. The van der Waals surface area contributed by atoms with Crippen molar-refractivity contribution in [3.05, 3.63) is 35.4 Å². The topological polar surface area (TPSA) is 12.0 Å². The lowest BCUT2D eigenvalue weighted by molar-refractivity contribution is 0.554. The van der Waals surface area contributed by atoms with Gasteiger partial charge in [0.15, 0.2) is 0 Å². The van der Waals surface area contributed by atoms with Crippen LogP contribution in [0.5, 0.6) is 0 Å². The Balaban J connectivity index is 2.25. The summed E-state index contributed by atoms with van der Waals surface area (Å²) in [4.78, 5) is 0. The van der Waals surface area contributed by atoms with Gasteiger partial charge in [0.25, 0.3) is 0 Å². The zero-order chi connectivity index (χ0) is 10.4. The van der Waals surface area contributed by atoms with E-state index in [-0.39, 0.29) is 0 Å². The smallest absolute Gasteiger partial charge is 0.000824 e. The maximum absolute atomic E-state index is 3.45. The summed E-state index contributed by atoms with van der Waals surface area (Å²) in [7, 11) is 0. The van der Waals surface area contributed by atoms with Crippen LogP contribution >= 0.6 is 0 Å². The van der Waals surface area contributed by atoms with Crippen molar-refractivity contribution in [1.29, 1.82) is 0 Å². The summed E-state index contributed by atoms with van der Waals surface area (Å²) in [6.07, 6.45) is 1.13. The number of rotatable bonds is 5. The highest BCUT2D eigenvalue weighted by atomic mass is 14.8. The van der Waals surface area contributed by atoms with Gasteiger partial charge in [-0.25, -0.2) is 0 Å². The summed E-state index contributed by atoms with van der Waals surface area (Å²) in [6.45, 7) is 8.82. The Morgan fingerprint density at radius 2 is 2.07 bits per heavy atom. The van der Waals surface area contributed by atoms with Crippen LogP contribution in [-0.4, -0.2) is 13.1 Å². The number of nitrogens with one attached hydrogen (secondary N) is 1. The van der Waals surface area contributed by atoms with Gasteiger partial charge in [0, 0.05) is 0 Å². The summed E-state index contributed by atoms with van der Waals surface area (Å²) in [5, 5.41) is 3.45. The summed E-state index contributed by atoms with van der Waals surface area (Å²) >= 11 is 0. The maximum atomic E-state index is 3.45. The van der Waals surface area contributed by atoms with Crippen LogP contribution in [0.2, 0.25) is 0 Å². The lowest BCUT2D eigenvalue weighted by atomic mass is 10.1. The van der Waals surface area contributed by atoms with Gasteiger partial charge in [-0.3, -0.25) is 0 Å². The Kier molecular flexibility index (Phi) is 4.68. The monoisotopic (exact) mass is 191 g/mol. The van der Waals surface area contributed by atoms with E-state index in [2.05, 4.69) is 50.4 Å². The lowest BCUT2D eigenvalue weighted by Gasteiger charge is -2.07. The summed E-state index contributed by atoms with van der Waals surface area (Å²) in [6, 6.07) is 8.74. The van der Waals surface area contributed by atoms with Crippen LogP contribution in [0.25, 0.3) is 0 Å². The van der Waals surface area contributed by atoms with Crippen molar-refractivity contribution in [3.63, 3.8) is 0 Å². The fourth-order valence-corrected chi connectivity index (χ4v) is 1.49. The molecule has 0 aromatic heterocycles. The molecule has 1 rings (SSSR count). The first kappa shape index (κ1) is 11.3. The highest BCUT2D eigenvalue weighted by Crippen LogP contribution is 2.03. The van der Waals surface area contributed by atoms with Crippen LogP contribution in [0.4, 0.5) is 0 Å². The molecule has 1 aromatic rings. The van der Waals surface area contributed by atoms with Gasteiger partial charge in [-0.15, -0.1) is 0 Å². The van der Waals surface area contributed by atoms with E-state index >= 15 is 0 Å². The molecule has 0 spiro atoms. The second-order valence-corrected chi connectivity index (χ2v) is 4.34. The third-order valence-electron chi connectivity index (χ3n) is 2.23. The molecule has 0 bridgehead atoms. The average Bonchev–Trinajstić information content (AvgIpc) is 2.12. The second kappa shape index (κ2) is 5.82. The highest BCUT2D eigenvalue weighted by Gasteiger charge is 1.94. The largest absolute Gasteiger partial charge is 0.316 e. The molecule has 1 aromatic carbocycles. The molecule has 0 heterocycles. The molecule has 0 unspecified atom stereocenters. The van der Waals surface area contributed by atoms with Gasteiger partial charge in [-0.1, -0.05) is 43.7 Å². The average molecular weight is 191 g/mol. The van der Waals surface area contributed by atoms with Gasteiger partial charge in [-0.2, -0.15) is 0 Å². The third-order valence-corrected chi connectivity index (χ3v) is 2.23. The van der Waals surface area contributed by atoms with Crippen molar-refractivity contribution >= 4 is 0 Å². The Morgan fingerprint density at radius 3 is 2.71 bits per heavy atom.